The summed E-state index contributed by atoms with van der Waals surface area (Å²) in [4.78, 5) is 73.0. The van der Waals surface area contributed by atoms with E-state index in [0.29, 0.717) is 32.1 Å². The highest BCUT2D eigenvalue weighted by atomic mass is 31.2. The first-order valence-electron chi connectivity index (χ1n) is 41.2. The van der Waals surface area contributed by atoms with Crippen LogP contribution in [0.3, 0.4) is 0 Å². The molecule has 0 aromatic carbocycles. The van der Waals surface area contributed by atoms with Gasteiger partial charge >= 0.3 is 39.5 Å². The van der Waals surface area contributed by atoms with Crippen molar-refractivity contribution in [2.75, 3.05) is 39.6 Å². The Hall–Kier alpha value is -3.50. The fraction of sp³-hybridized carbons (Fsp3) is 0.807. The van der Waals surface area contributed by atoms with E-state index in [4.69, 9.17) is 37.0 Å². The molecule has 0 rings (SSSR count). The molecule has 0 amide bonds. The average molecular weight is 1480 g/mol. The van der Waals surface area contributed by atoms with Crippen LogP contribution in [0.2, 0.25) is 0 Å². The molecule has 2 unspecified atom stereocenters. The van der Waals surface area contributed by atoms with Crippen LogP contribution >= 0.6 is 15.6 Å². The Morgan fingerprint density at radius 2 is 0.490 bits per heavy atom. The van der Waals surface area contributed by atoms with E-state index in [1.807, 2.05) is 12.2 Å². The van der Waals surface area contributed by atoms with Gasteiger partial charge < -0.3 is 33.8 Å². The number of allylic oxidation sites excluding steroid dienone is 12. The molecule has 0 spiro atoms. The number of carbonyl (C=O) groups is 4. The Balaban J connectivity index is 5.39. The van der Waals surface area contributed by atoms with E-state index in [-0.39, 0.29) is 25.7 Å². The molecule has 0 aromatic heterocycles. The number of phosphoric acid groups is 2. The Morgan fingerprint density at radius 1 is 0.275 bits per heavy atom. The third-order valence-electron chi connectivity index (χ3n) is 17.6. The summed E-state index contributed by atoms with van der Waals surface area (Å²) in [6.45, 7) is 4.83. The van der Waals surface area contributed by atoms with Crippen LogP contribution in [-0.4, -0.2) is 96.7 Å². The topological polar surface area (TPSA) is 237 Å². The summed E-state index contributed by atoms with van der Waals surface area (Å²) in [6, 6.07) is 0. The molecule has 594 valence electrons. The molecule has 3 N–H and O–H groups in total. The van der Waals surface area contributed by atoms with E-state index in [2.05, 4.69) is 88.5 Å². The first-order chi connectivity index (χ1) is 49.7. The molecule has 19 heteroatoms. The normalized spacial score (nSPS) is 14.2. The van der Waals surface area contributed by atoms with Crippen molar-refractivity contribution in [1.29, 1.82) is 0 Å². The lowest BCUT2D eigenvalue weighted by molar-refractivity contribution is -0.161. The quantitative estimate of drug-likeness (QED) is 0.0169. The Bertz CT molecular complexity index is 2210. The standard InChI is InChI=1S/C83H150O17P2/c1-5-9-13-17-21-25-29-33-37-38-42-44-48-52-56-60-64-68-81(86)94-74-79(100-83(88)70-66-62-58-54-50-46-41-36-32-28-24-20-16-12-8-4)76-98-102(91,92)96-72-77(84)71-95-101(89,90)97-75-78(99-82(87)69-65-61-57-53-49-45-40-35-31-27-23-19-15-11-7-3)73-93-80(85)67-63-59-55-51-47-43-39-34-30-26-22-18-14-10-6-2/h21,25,33,35-37,40-42,44,52,56,77-79,84H,5-20,22-24,26-32,34,38-39,43,45-51,53-55,57-76H2,1-4H3,(H,89,90)(H,91,92)/b25-21-,37-33-,40-35-,41-36-,44-42-,56-52-/t77-,78+,79+/m0/s1. The number of aliphatic hydroxyl groups is 1. The smallest absolute Gasteiger partial charge is 0.462 e. The van der Waals surface area contributed by atoms with Crippen molar-refractivity contribution in [3.63, 3.8) is 0 Å². The van der Waals surface area contributed by atoms with Gasteiger partial charge in [-0.15, -0.1) is 0 Å². The van der Waals surface area contributed by atoms with Gasteiger partial charge in [0.05, 0.1) is 26.4 Å². The molecule has 0 aliphatic carbocycles. The highest BCUT2D eigenvalue weighted by Gasteiger charge is 2.30. The molecule has 0 fully saturated rings. The Morgan fingerprint density at radius 3 is 0.804 bits per heavy atom. The number of hydrogen-bond donors (Lipinski definition) is 3. The number of ether oxygens (including phenoxy) is 4. The third-order valence-corrected chi connectivity index (χ3v) is 19.5. The van der Waals surface area contributed by atoms with Crippen molar-refractivity contribution in [3.8, 4) is 0 Å². The number of aliphatic hydroxyl groups excluding tert-OH is 1. The van der Waals surface area contributed by atoms with Crippen LogP contribution in [0.25, 0.3) is 0 Å². The summed E-state index contributed by atoms with van der Waals surface area (Å²) in [7, 11) is -9.96. The number of carbonyl (C=O) groups excluding carboxylic acids is 4. The maximum absolute atomic E-state index is 13.1. The number of unbranched alkanes of at least 4 members (excludes halogenated alkanes) is 40. The first-order valence-corrected chi connectivity index (χ1v) is 44.2. The van der Waals surface area contributed by atoms with E-state index in [9.17, 15) is 43.2 Å². The van der Waals surface area contributed by atoms with Crippen molar-refractivity contribution in [3.05, 3.63) is 72.9 Å². The third kappa shape index (κ3) is 74.8. The summed E-state index contributed by atoms with van der Waals surface area (Å²) in [6.07, 6.45) is 77.3. The van der Waals surface area contributed by atoms with Crippen LogP contribution in [-0.2, 0) is 65.4 Å². The number of hydrogen-bond acceptors (Lipinski definition) is 15. The predicted molar refractivity (Wildman–Crippen MR) is 418 cm³/mol. The molecule has 0 saturated heterocycles. The minimum absolute atomic E-state index is 0.0760. The molecular formula is C83H150O17P2. The SMILES string of the molecule is CCCCC/C=C\C/C=C\C/C=C\C/C=C\CCCC(=O)OC[C@H](COP(=O)(O)OC[C@@H](O)COP(=O)(O)OC[C@@H](COC(=O)CCCCCCCCCCCCCCCCC)OC(=O)CCCCCCC/C=C\CCCCCCCC)OC(=O)CCCCCCC/C=C\CCCCCCCC. The van der Waals surface area contributed by atoms with Gasteiger partial charge in [0, 0.05) is 25.7 Å². The zero-order valence-electron chi connectivity index (χ0n) is 65.0. The van der Waals surface area contributed by atoms with Crippen LogP contribution in [0, 0.1) is 0 Å². The second-order valence-corrected chi connectivity index (χ2v) is 30.6. The van der Waals surface area contributed by atoms with Gasteiger partial charge in [-0.3, -0.25) is 37.3 Å². The van der Waals surface area contributed by atoms with Gasteiger partial charge in [0.15, 0.2) is 12.2 Å². The van der Waals surface area contributed by atoms with E-state index in [1.165, 1.54) is 167 Å². The molecule has 0 bridgehead atoms. The fourth-order valence-corrected chi connectivity index (χ4v) is 12.9. The molecule has 0 aliphatic heterocycles. The van der Waals surface area contributed by atoms with Crippen molar-refractivity contribution in [1.82, 2.24) is 0 Å². The zero-order chi connectivity index (χ0) is 74.6. The monoisotopic (exact) mass is 1480 g/mol. The number of rotatable bonds is 78. The summed E-state index contributed by atoms with van der Waals surface area (Å²) < 4.78 is 68.6. The number of phosphoric ester groups is 2. The minimum atomic E-state index is -4.99. The van der Waals surface area contributed by atoms with Gasteiger partial charge in [-0.1, -0.05) is 306 Å². The lowest BCUT2D eigenvalue weighted by Gasteiger charge is -2.21. The van der Waals surface area contributed by atoms with E-state index < -0.39 is 97.5 Å². The van der Waals surface area contributed by atoms with Crippen LogP contribution in [0.5, 0.6) is 0 Å². The lowest BCUT2D eigenvalue weighted by atomic mass is 10.0. The summed E-state index contributed by atoms with van der Waals surface area (Å²) in [5.41, 5.74) is 0. The van der Waals surface area contributed by atoms with E-state index in [0.717, 1.165) is 122 Å². The lowest BCUT2D eigenvalue weighted by Crippen LogP contribution is -2.30. The molecule has 5 atom stereocenters. The second kappa shape index (κ2) is 75.7. The maximum Gasteiger partial charge on any atom is 0.472 e. The largest absolute Gasteiger partial charge is 0.472 e. The molecule has 102 heavy (non-hydrogen) atoms. The van der Waals surface area contributed by atoms with Crippen molar-refractivity contribution in [2.24, 2.45) is 0 Å². The van der Waals surface area contributed by atoms with Crippen LogP contribution in [0.1, 0.15) is 374 Å². The highest BCUT2D eigenvalue weighted by Crippen LogP contribution is 2.45. The second-order valence-electron chi connectivity index (χ2n) is 27.7. The molecule has 0 saturated carbocycles. The zero-order valence-corrected chi connectivity index (χ0v) is 66.8. The van der Waals surface area contributed by atoms with Crippen molar-refractivity contribution >= 4 is 39.5 Å². The predicted octanol–water partition coefficient (Wildman–Crippen LogP) is 24.0. The van der Waals surface area contributed by atoms with Crippen molar-refractivity contribution in [2.45, 2.75) is 393 Å². The van der Waals surface area contributed by atoms with Gasteiger partial charge in [-0.25, -0.2) is 9.13 Å². The summed E-state index contributed by atoms with van der Waals surface area (Å²) in [5.74, 6) is -2.23. The summed E-state index contributed by atoms with van der Waals surface area (Å²) in [5, 5.41) is 10.6. The minimum Gasteiger partial charge on any atom is -0.462 e. The molecule has 0 radical (unpaired) electrons. The Labute approximate surface area is 622 Å². The van der Waals surface area contributed by atoms with Gasteiger partial charge in [0.25, 0.3) is 0 Å². The van der Waals surface area contributed by atoms with E-state index >= 15 is 0 Å². The van der Waals surface area contributed by atoms with Crippen LogP contribution < -0.4 is 0 Å². The average Bonchev–Trinajstić information content (AvgIpc) is 0.923. The van der Waals surface area contributed by atoms with Gasteiger partial charge in [-0.2, -0.15) is 0 Å². The molecule has 0 aromatic rings. The molecule has 17 nitrogen and oxygen atoms in total. The fourth-order valence-electron chi connectivity index (χ4n) is 11.3. The van der Waals surface area contributed by atoms with Gasteiger partial charge in [0.1, 0.15) is 19.3 Å². The number of esters is 4. The molecule has 0 heterocycles. The summed E-state index contributed by atoms with van der Waals surface area (Å²) >= 11 is 0. The van der Waals surface area contributed by atoms with E-state index in [1.54, 1.807) is 0 Å². The highest BCUT2D eigenvalue weighted by molar-refractivity contribution is 7.47. The molecular weight excluding hydrogens is 1330 g/mol. The van der Waals surface area contributed by atoms with Crippen molar-refractivity contribution < 1.29 is 80.2 Å². The van der Waals surface area contributed by atoms with Gasteiger partial charge in [0.2, 0.25) is 0 Å². The Kier molecular flexibility index (Phi) is 73.1. The molecule has 0 aliphatic rings. The van der Waals surface area contributed by atoms with Crippen LogP contribution in [0.4, 0.5) is 0 Å². The van der Waals surface area contributed by atoms with Gasteiger partial charge in [-0.05, 0) is 116 Å². The van der Waals surface area contributed by atoms with Crippen LogP contribution in [0.15, 0.2) is 72.9 Å². The first kappa shape index (κ1) is 98.5. The maximum atomic E-state index is 13.1.